The number of aryl methyl sites for hydroxylation is 1. The van der Waals surface area contributed by atoms with Crippen LogP contribution in [0.1, 0.15) is 31.2 Å². The van der Waals surface area contributed by atoms with Crippen LogP contribution < -0.4 is 15.8 Å². The van der Waals surface area contributed by atoms with Gasteiger partial charge in [-0.1, -0.05) is 12.1 Å². The number of nitrogens with two attached hydrogens (primary N) is 1. The number of nitrogens with zero attached hydrogens (tertiary/aromatic N) is 2. The minimum absolute atomic E-state index is 0.0820. The number of hydrogen-bond donors (Lipinski definition) is 2. The Hall–Kier alpha value is -2.41. The molecule has 0 aromatic heterocycles. The molecule has 1 unspecified atom stereocenters. The molecule has 1 aliphatic heterocycles. The Morgan fingerprint density at radius 1 is 1.41 bits per heavy atom. The van der Waals surface area contributed by atoms with E-state index in [9.17, 15) is 9.59 Å². The number of nitrogens with one attached hydrogen (secondary N) is 1. The molecule has 0 aliphatic carbocycles. The molecule has 1 aromatic carbocycles. The zero-order valence-corrected chi connectivity index (χ0v) is 16.8. The van der Waals surface area contributed by atoms with Gasteiger partial charge in [-0.2, -0.15) is 0 Å². The van der Waals surface area contributed by atoms with Crippen molar-refractivity contribution in [3.8, 4) is 5.75 Å². The predicted molar refractivity (Wildman–Crippen MR) is 110 cm³/mol. The first-order valence-electron chi connectivity index (χ1n) is 9.22. The van der Waals surface area contributed by atoms with E-state index in [4.69, 9.17) is 4.74 Å². The normalized spacial score (nSPS) is 13.3. The van der Waals surface area contributed by atoms with Crippen molar-refractivity contribution < 1.29 is 14.3 Å². The molecule has 2 amide bonds. The highest BCUT2D eigenvalue weighted by atomic mass is 16.5. The van der Waals surface area contributed by atoms with E-state index in [1.54, 1.807) is 7.11 Å². The average Bonchev–Trinajstić information content (AvgIpc) is 3.24. The van der Waals surface area contributed by atoms with E-state index in [2.05, 4.69) is 22.8 Å². The second kappa shape index (κ2) is 15.8. The van der Waals surface area contributed by atoms with E-state index in [-0.39, 0.29) is 11.9 Å². The molecule has 3 N–H and O–H groups in total. The number of ether oxygens (including phenoxy) is 1. The lowest BCUT2D eigenvalue weighted by molar-refractivity contribution is -0.131. The van der Waals surface area contributed by atoms with E-state index in [0.717, 1.165) is 38.1 Å². The van der Waals surface area contributed by atoms with Crippen LogP contribution in [0, 0.1) is 6.92 Å². The summed E-state index contributed by atoms with van der Waals surface area (Å²) < 4.78 is 5.00. The molecule has 0 saturated carbocycles. The Balaban J connectivity index is 0.000000519. The molecule has 1 saturated heterocycles. The number of methoxy groups -OCH3 is 1. The third-order valence-corrected chi connectivity index (χ3v) is 4.03. The molecule has 1 atom stereocenters. The summed E-state index contributed by atoms with van der Waals surface area (Å²) in [5, 5.41) is 2.57. The smallest absolute Gasteiger partial charge is 0.247 e. The number of carbonyl (C=O) groups excluding carboxylic acids is 2. The number of rotatable bonds is 8. The van der Waals surface area contributed by atoms with Crippen molar-refractivity contribution in [3.63, 3.8) is 0 Å². The lowest BCUT2D eigenvalue weighted by Crippen LogP contribution is -2.36. The Bertz CT molecular complexity index is 546. The molecule has 2 rings (SSSR count). The summed E-state index contributed by atoms with van der Waals surface area (Å²) in [6.07, 6.45) is 4.24. The summed E-state index contributed by atoms with van der Waals surface area (Å²) in [5.74, 6) is 1.01. The molecule has 0 radical (unpaired) electrons. The van der Waals surface area contributed by atoms with E-state index < -0.39 is 0 Å². The van der Waals surface area contributed by atoms with Gasteiger partial charge in [-0.25, -0.2) is 0 Å². The Morgan fingerprint density at radius 2 is 2.07 bits per heavy atom. The fourth-order valence-electron chi connectivity index (χ4n) is 2.64. The lowest BCUT2D eigenvalue weighted by Gasteiger charge is -2.20. The van der Waals surface area contributed by atoms with Gasteiger partial charge in [0, 0.05) is 19.6 Å². The highest BCUT2D eigenvalue weighted by Gasteiger charge is 2.24. The molecule has 7 heteroatoms. The number of aliphatic imine (C=N–C) groups is 1. The summed E-state index contributed by atoms with van der Waals surface area (Å²) in [6, 6.07) is 7.62. The third kappa shape index (κ3) is 10.4. The van der Waals surface area contributed by atoms with Crippen molar-refractivity contribution in [1.82, 2.24) is 10.2 Å². The van der Waals surface area contributed by atoms with Gasteiger partial charge in [0.25, 0.3) is 0 Å². The highest BCUT2D eigenvalue weighted by Crippen LogP contribution is 2.13. The number of carbonyl (C=O) groups is 2. The van der Waals surface area contributed by atoms with E-state index >= 15 is 0 Å². The largest absolute Gasteiger partial charge is 0.497 e. The first-order chi connectivity index (χ1) is 13.1. The molecular weight excluding hydrogens is 344 g/mol. The number of amides is 2. The molecular formula is C20H34N4O3. The quantitative estimate of drug-likeness (QED) is 0.409. The molecule has 27 heavy (non-hydrogen) atoms. The van der Waals surface area contributed by atoms with Gasteiger partial charge in [-0.3, -0.25) is 14.6 Å². The maximum atomic E-state index is 11.9. The predicted octanol–water partition coefficient (Wildman–Crippen LogP) is 1.78. The van der Waals surface area contributed by atoms with Gasteiger partial charge in [0.05, 0.1) is 7.11 Å². The van der Waals surface area contributed by atoms with Crippen molar-refractivity contribution in [2.45, 2.75) is 38.6 Å². The van der Waals surface area contributed by atoms with Crippen LogP contribution >= 0.6 is 0 Å². The summed E-state index contributed by atoms with van der Waals surface area (Å²) in [5.41, 5.74) is 5.73. The van der Waals surface area contributed by atoms with Crippen LogP contribution in [0.5, 0.6) is 5.75 Å². The van der Waals surface area contributed by atoms with Crippen LogP contribution in [-0.2, 0) is 9.59 Å². The van der Waals surface area contributed by atoms with E-state index in [1.807, 2.05) is 36.1 Å². The molecule has 1 aliphatic rings. The zero-order valence-electron chi connectivity index (χ0n) is 16.8. The van der Waals surface area contributed by atoms with E-state index in [0.29, 0.717) is 19.4 Å². The van der Waals surface area contributed by atoms with Gasteiger partial charge in [-0.05, 0) is 64.1 Å². The van der Waals surface area contributed by atoms with Gasteiger partial charge < -0.3 is 20.7 Å². The van der Waals surface area contributed by atoms with Crippen LogP contribution in [0.4, 0.5) is 0 Å². The Kier molecular flexibility index (Phi) is 14.4. The molecule has 1 heterocycles. The summed E-state index contributed by atoms with van der Waals surface area (Å²) in [6.45, 7) is 7.78. The van der Waals surface area contributed by atoms with Crippen molar-refractivity contribution in [1.29, 1.82) is 0 Å². The summed E-state index contributed by atoms with van der Waals surface area (Å²) >= 11 is 0. The standard InChI is InChI=1S/C11H19N3O2.C8H10O.CH5N/c1-12-10(5-4-6-13-9-15)11(16)14-7-2-3-8-14;1-7-4-3-5-8(6-7)9-2;1-2/h9-10H,1-8H2,(H,13,15);3-6H,1-2H3;2H2,1H3. The van der Waals surface area contributed by atoms with Crippen LogP contribution in [0.25, 0.3) is 0 Å². The SMILES string of the molecule is C=NC(CCCNC=O)C(=O)N1CCCC1.CN.COc1cccc(C)c1. The fraction of sp³-hybridized carbons (Fsp3) is 0.550. The van der Waals surface area contributed by atoms with E-state index in [1.165, 1.54) is 12.6 Å². The van der Waals surface area contributed by atoms with Gasteiger partial charge in [0.15, 0.2) is 0 Å². The third-order valence-electron chi connectivity index (χ3n) is 4.03. The van der Waals surface area contributed by atoms with Crippen LogP contribution in [0.15, 0.2) is 29.3 Å². The number of hydrogen-bond acceptors (Lipinski definition) is 5. The van der Waals surface area contributed by atoms with Gasteiger partial charge in [-0.15, -0.1) is 0 Å². The zero-order chi connectivity index (χ0) is 20.5. The maximum Gasteiger partial charge on any atom is 0.247 e. The Morgan fingerprint density at radius 3 is 2.56 bits per heavy atom. The van der Waals surface area contributed by atoms with Crippen molar-refractivity contribution in [2.24, 2.45) is 10.7 Å². The average molecular weight is 379 g/mol. The molecule has 152 valence electrons. The van der Waals surface area contributed by atoms with Gasteiger partial charge >= 0.3 is 0 Å². The molecule has 1 aromatic rings. The highest BCUT2D eigenvalue weighted by molar-refractivity contribution is 5.82. The molecule has 0 spiro atoms. The molecule has 0 bridgehead atoms. The molecule has 7 nitrogen and oxygen atoms in total. The van der Waals surface area contributed by atoms with Gasteiger partial charge in [0.1, 0.15) is 11.8 Å². The minimum Gasteiger partial charge on any atom is -0.497 e. The first-order valence-corrected chi connectivity index (χ1v) is 9.22. The van der Waals surface area contributed by atoms with Crippen LogP contribution in [0.2, 0.25) is 0 Å². The second-order valence-electron chi connectivity index (χ2n) is 5.97. The second-order valence-corrected chi connectivity index (χ2v) is 5.97. The fourth-order valence-corrected chi connectivity index (χ4v) is 2.64. The van der Waals surface area contributed by atoms with Gasteiger partial charge in [0.2, 0.25) is 12.3 Å². The maximum absolute atomic E-state index is 11.9. The monoisotopic (exact) mass is 378 g/mol. The van der Waals surface area contributed by atoms with Crippen LogP contribution in [-0.4, -0.2) is 63.8 Å². The molecule has 1 fully saturated rings. The number of likely N-dealkylation sites (tertiary alicyclic amines) is 1. The van der Waals surface area contributed by atoms with Crippen molar-refractivity contribution in [3.05, 3.63) is 29.8 Å². The minimum atomic E-state index is -0.341. The first kappa shape index (κ1) is 24.6. The topological polar surface area (TPSA) is 97.0 Å². The number of benzene rings is 1. The Labute approximate surface area is 163 Å². The van der Waals surface area contributed by atoms with Crippen LogP contribution in [0.3, 0.4) is 0 Å². The summed E-state index contributed by atoms with van der Waals surface area (Å²) in [4.78, 5) is 27.7. The summed E-state index contributed by atoms with van der Waals surface area (Å²) in [7, 11) is 3.18. The van der Waals surface area contributed by atoms with Crippen molar-refractivity contribution in [2.75, 3.05) is 33.8 Å². The lowest BCUT2D eigenvalue weighted by atomic mass is 10.1. The van der Waals surface area contributed by atoms with Crippen molar-refractivity contribution >= 4 is 19.0 Å².